The van der Waals surface area contributed by atoms with E-state index in [9.17, 15) is 26.3 Å². The first-order chi connectivity index (χ1) is 15.0. The van der Waals surface area contributed by atoms with E-state index < -0.39 is 34.9 Å². The van der Waals surface area contributed by atoms with E-state index in [2.05, 4.69) is 0 Å². The molecule has 0 saturated carbocycles. The molecule has 0 radical (unpaired) electrons. The van der Waals surface area contributed by atoms with Gasteiger partial charge in [-0.3, -0.25) is 0 Å². The number of hydrogen-bond donors (Lipinski definition) is 0. The standard InChI is InChI=1S/2C12H9F3N.2CH3.Ti/c2*1-7-3-4-8(2)16(7)12-10(14)5-9(13)6-11(12)15;;;/h2*3-5H,1-2H3;2*1H3;/q4*-1;+4. The van der Waals surface area contributed by atoms with Crippen molar-refractivity contribution in [2.24, 2.45) is 0 Å². The van der Waals surface area contributed by atoms with Gasteiger partial charge < -0.3 is 24.0 Å². The second-order valence-corrected chi connectivity index (χ2v) is 7.16. The first-order valence-corrected chi connectivity index (χ1v) is 9.45. The molecule has 0 spiro atoms. The van der Waals surface area contributed by atoms with E-state index in [-0.39, 0.29) is 47.9 Å². The molecule has 184 valence electrons. The second-order valence-electron chi connectivity index (χ2n) is 7.16. The van der Waals surface area contributed by atoms with Crippen LogP contribution in [0.4, 0.5) is 26.3 Å². The number of nitrogens with zero attached hydrogens (tertiary/aromatic N) is 2. The van der Waals surface area contributed by atoms with Gasteiger partial charge in [-0.1, -0.05) is 12.1 Å². The molecule has 0 saturated heterocycles. The second kappa shape index (κ2) is 12.8. The Balaban J connectivity index is 0.000000608. The molecule has 0 N–H and O–H groups in total. The predicted octanol–water partition coefficient (Wildman–Crippen LogP) is 7.52. The average molecular weight is 526 g/mol. The van der Waals surface area contributed by atoms with Gasteiger partial charge in [0.15, 0.2) is 0 Å². The number of hydrogen-bond acceptors (Lipinski definition) is 0. The van der Waals surface area contributed by atoms with Crippen LogP contribution in [0.5, 0.6) is 0 Å². The molecule has 0 unspecified atom stereocenters. The fraction of sp³-hybridized carbons (Fsp3) is 0.154. The van der Waals surface area contributed by atoms with Crippen LogP contribution in [0.25, 0.3) is 11.4 Å². The van der Waals surface area contributed by atoms with Crippen LogP contribution in [0.1, 0.15) is 22.8 Å². The Kier molecular flexibility index (Phi) is 11.8. The summed E-state index contributed by atoms with van der Waals surface area (Å²) in [6, 6.07) is 11.8. The minimum atomic E-state index is -1.04. The van der Waals surface area contributed by atoms with Crippen molar-refractivity contribution in [2.75, 3.05) is 0 Å². The topological polar surface area (TPSA) is 9.86 Å². The quantitative estimate of drug-likeness (QED) is 0.145. The van der Waals surface area contributed by atoms with E-state index in [1.165, 1.54) is 9.13 Å². The van der Waals surface area contributed by atoms with Crippen molar-refractivity contribution in [3.8, 4) is 11.4 Å². The Bertz CT molecular complexity index is 1110. The van der Waals surface area contributed by atoms with E-state index >= 15 is 0 Å². The maximum absolute atomic E-state index is 13.5. The number of rotatable bonds is 2. The monoisotopic (exact) mass is 526 g/mol. The van der Waals surface area contributed by atoms with Gasteiger partial charge >= 0.3 is 21.7 Å². The zero-order valence-electron chi connectivity index (χ0n) is 20.1. The molecule has 0 aliphatic rings. The SMILES string of the molecule is Cc1ccc(C)n1-c1c(F)[c-]c(F)cc1F.Cc1ccc(C)n1-c1c(F)[c-]c(F)cc1F.[CH3-].[CH3-].[Ti+4]. The summed E-state index contributed by atoms with van der Waals surface area (Å²) in [5.74, 6) is -6.01. The molecule has 0 fully saturated rings. The normalized spacial score (nSPS) is 9.89. The zero-order valence-corrected chi connectivity index (χ0v) is 21.7. The number of halogens is 6. The van der Waals surface area contributed by atoms with Gasteiger partial charge in [-0.05, 0) is 52.0 Å². The van der Waals surface area contributed by atoms with Crippen LogP contribution in [0.2, 0.25) is 0 Å². The maximum Gasteiger partial charge on any atom is 4.00 e. The van der Waals surface area contributed by atoms with Gasteiger partial charge in [-0.2, -0.15) is 0 Å². The minimum absolute atomic E-state index is 0. The van der Waals surface area contributed by atoms with Crippen LogP contribution in [0, 0.1) is 89.6 Å². The van der Waals surface area contributed by atoms with Crippen LogP contribution in [0.15, 0.2) is 36.4 Å². The minimum Gasteiger partial charge on any atom is -0.367 e. The van der Waals surface area contributed by atoms with E-state index in [1.54, 1.807) is 52.0 Å². The van der Waals surface area contributed by atoms with Crippen LogP contribution in [0.3, 0.4) is 0 Å². The summed E-state index contributed by atoms with van der Waals surface area (Å²) in [5, 5.41) is 0. The van der Waals surface area contributed by atoms with E-state index in [1.807, 2.05) is 12.1 Å². The first-order valence-electron chi connectivity index (χ1n) is 9.45. The van der Waals surface area contributed by atoms with Crippen molar-refractivity contribution in [3.63, 3.8) is 0 Å². The van der Waals surface area contributed by atoms with E-state index in [0.29, 0.717) is 34.9 Å². The predicted molar refractivity (Wildman–Crippen MR) is 121 cm³/mol. The largest absolute Gasteiger partial charge is 4.00 e. The number of aryl methyl sites for hydroxylation is 4. The molecule has 2 nitrogen and oxygen atoms in total. The third-order valence-electron chi connectivity index (χ3n) is 4.82. The van der Waals surface area contributed by atoms with E-state index in [0.717, 1.165) is 0 Å². The molecule has 35 heavy (non-hydrogen) atoms. The smallest absolute Gasteiger partial charge is 0.367 e. The Labute approximate surface area is 217 Å². The van der Waals surface area contributed by atoms with Gasteiger partial charge in [0.25, 0.3) is 0 Å². The zero-order chi connectivity index (χ0) is 23.7. The fourth-order valence-electron chi connectivity index (χ4n) is 3.42. The summed E-state index contributed by atoms with van der Waals surface area (Å²) < 4.78 is 82.2. The number of benzene rings is 2. The summed E-state index contributed by atoms with van der Waals surface area (Å²) in [6.07, 6.45) is 0. The molecule has 0 aliphatic heterocycles. The first kappa shape index (κ1) is 32.3. The Morgan fingerprint density at radius 2 is 0.800 bits per heavy atom. The molecule has 0 atom stereocenters. The van der Waals surface area contributed by atoms with Crippen LogP contribution >= 0.6 is 0 Å². The molecule has 4 rings (SSSR count). The van der Waals surface area contributed by atoms with Crippen LogP contribution in [-0.2, 0) is 21.7 Å². The van der Waals surface area contributed by atoms with Crippen molar-refractivity contribution in [1.29, 1.82) is 0 Å². The van der Waals surface area contributed by atoms with Gasteiger partial charge in [0.1, 0.15) is 0 Å². The van der Waals surface area contributed by atoms with Crippen molar-refractivity contribution in [3.05, 3.63) is 121 Å². The van der Waals surface area contributed by atoms with Crippen molar-refractivity contribution in [1.82, 2.24) is 9.13 Å². The Morgan fingerprint density at radius 1 is 0.543 bits per heavy atom. The molecule has 0 bridgehead atoms. The van der Waals surface area contributed by atoms with Gasteiger partial charge in [0.05, 0.1) is 0 Å². The summed E-state index contributed by atoms with van der Waals surface area (Å²) in [7, 11) is 0. The van der Waals surface area contributed by atoms with Gasteiger partial charge in [0.2, 0.25) is 0 Å². The van der Waals surface area contributed by atoms with Crippen molar-refractivity contribution in [2.45, 2.75) is 27.7 Å². The molecular weight excluding hydrogens is 502 g/mol. The molecule has 0 aliphatic carbocycles. The number of aromatic nitrogens is 2. The van der Waals surface area contributed by atoms with Crippen molar-refractivity contribution >= 4 is 0 Å². The molecule has 0 amide bonds. The molecule has 2 aromatic carbocycles. The van der Waals surface area contributed by atoms with Crippen LogP contribution in [-0.4, -0.2) is 9.13 Å². The third kappa shape index (κ3) is 6.70. The van der Waals surface area contributed by atoms with Gasteiger partial charge in [-0.25, -0.2) is 26.3 Å². The summed E-state index contributed by atoms with van der Waals surface area (Å²) in [5.41, 5.74) is 2.12. The van der Waals surface area contributed by atoms with Crippen LogP contribution < -0.4 is 0 Å². The summed E-state index contributed by atoms with van der Waals surface area (Å²) in [4.78, 5) is 0. The molecule has 2 heterocycles. The Hall–Kier alpha value is -2.71. The summed E-state index contributed by atoms with van der Waals surface area (Å²) >= 11 is 0. The van der Waals surface area contributed by atoms with Gasteiger partial charge in [0, 0.05) is 69.1 Å². The maximum atomic E-state index is 13.5. The fourth-order valence-corrected chi connectivity index (χ4v) is 3.42. The molecule has 9 heteroatoms. The molecular formula is C26H24F6N2Ti. The Morgan fingerprint density at radius 3 is 1.03 bits per heavy atom. The van der Waals surface area contributed by atoms with Gasteiger partial charge in [-0.15, -0.1) is 12.1 Å². The molecule has 4 aromatic rings. The third-order valence-corrected chi connectivity index (χ3v) is 4.82. The molecule has 2 aromatic heterocycles. The average Bonchev–Trinajstić information content (AvgIpc) is 3.17. The van der Waals surface area contributed by atoms with E-state index in [4.69, 9.17) is 0 Å². The summed E-state index contributed by atoms with van der Waals surface area (Å²) in [6.45, 7) is 6.87. The van der Waals surface area contributed by atoms with Crippen molar-refractivity contribution < 1.29 is 48.1 Å².